The van der Waals surface area contributed by atoms with Crippen LogP contribution >= 0.6 is 0 Å². The summed E-state index contributed by atoms with van der Waals surface area (Å²) in [5.74, 6) is 0.980. The van der Waals surface area contributed by atoms with Crippen molar-refractivity contribution in [3.8, 4) is 5.75 Å². The van der Waals surface area contributed by atoms with E-state index in [1.54, 1.807) is 0 Å². The first-order valence-electron chi connectivity index (χ1n) is 6.39. The van der Waals surface area contributed by atoms with Gasteiger partial charge in [-0.05, 0) is 57.9 Å². The predicted octanol–water partition coefficient (Wildman–Crippen LogP) is 3.09. The summed E-state index contributed by atoms with van der Waals surface area (Å²) >= 11 is 0. The van der Waals surface area contributed by atoms with Crippen LogP contribution in [0.5, 0.6) is 5.75 Å². The number of ether oxygens (including phenoxy) is 1. The summed E-state index contributed by atoms with van der Waals surface area (Å²) in [4.78, 5) is 12.0. The quantitative estimate of drug-likeness (QED) is 0.788. The Hall–Kier alpha value is -1.35. The Balaban J connectivity index is 2.72. The normalized spacial score (nSPS) is 11.4. The second-order valence-corrected chi connectivity index (χ2v) is 5.33. The molecule has 0 fully saturated rings. The van der Waals surface area contributed by atoms with Crippen molar-refractivity contribution in [1.82, 2.24) is 0 Å². The van der Waals surface area contributed by atoms with E-state index in [2.05, 4.69) is 0 Å². The summed E-state index contributed by atoms with van der Waals surface area (Å²) in [5.41, 5.74) is 7.32. The van der Waals surface area contributed by atoms with E-state index in [-0.39, 0.29) is 11.3 Å². The monoisotopic (exact) mass is 249 g/mol. The van der Waals surface area contributed by atoms with Gasteiger partial charge < -0.3 is 10.5 Å². The molecule has 3 nitrogen and oxygen atoms in total. The molecule has 0 radical (unpaired) electrons. The van der Waals surface area contributed by atoms with E-state index in [1.165, 1.54) is 0 Å². The van der Waals surface area contributed by atoms with E-state index >= 15 is 0 Å². The third-order valence-corrected chi connectivity index (χ3v) is 2.79. The van der Waals surface area contributed by atoms with E-state index < -0.39 is 0 Å². The molecule has 0 spiro atoms. The molecular weight excluding hydrogens is 226 g/mol. The van der Waals surface area contributed by atoms with Crippen molar-refractivity contribution in [1.29, 1.82) is 0 Å². The largest absolute Gasteiger partial charge is 0.494 e. The fraction of sp³-hybridized carbons (Fsp3) is 0.533. The lowest BCUT2D eigenvalue weighted by Crippen LogP contribution is -2.32. The predicted molar refractivity (Wildman–Crippen MR) is 74.2 cm³/mol. The minimum Gasteiger partial charge on any atom is -0.494 e. The Labute approximate surface area is 109 Å². The van der Waals surface area contributed by atoms with Gasteiger partial charge in [0.2, 0.25) is 0 Å². The van der Waals surface area contributed by atoms with E-state index in [0.29, 0.717) is 19.4 Å². The third-order valence-electron chi connectivity index (χ3n) is 2.79. The molecule has 0 atom stereocenters. The van der Waals surface area contributed by atoms with Gasteiger partial charge >= 0.3 is 0 Å². The molecule has 0 unspecified atom stereocenters. The van der Waals surface area contributed by atoms with Gasteiger partial charge in [0.05, 0.1) is 6.61 Å². The van der Waals surface area contributed by atoms with E-state index in [1.807, 2.05) is 45.9 Å². The Morgan fingerprint density at radius 3 is 2.56 bits per heavy atom. The number of benzene rings is 1. The van der Waals surface area contributed by atoms with Crippen LogP contribution in [-0.4, -0.2) is 17.9 Å². The van der Waals surface area contributed by atoms with Crippen LogP contribution in [0.3, 0.4) is 0 Å². The van der Waals surface area contributed by atoms with Gasteiger partial charge in [-0.2, -0.15) is 0 Å². The highest BCUT2D eigenvalue weighted by molar-refractivity contribution is 5.96. The zero-order chi connectivity index (χ0) is 13.8. The van der Waals surface area contributed by atoms with Gasteiger partial charge in [0, 0.05) is 17.5 Å². The highest BCUT2D eigenvalue weighted by Crippen LogP contribution is 2.21. The molecule has 0 amide bonds. The SMILES string of the molecule is CCOc1ccc(C(=O)CCC(C)(C)N)cc1C. The second-order valence-electron chi connectivity index (χ2n) is 5.33. The zero-order valence-corrected chi connectivity index (χ0v) is 11.7. The molecule has 0 aliphatic heterocycles. The number of Topliss-reactive ketones (excluding diaryl/α,β-unsaturated/α-hetero) is 1. The summed E-state index contributed by atoms with van der Waals surface area (Å²) in [5, 5.41) is 0. The van der Waals surface area contributed by atoms with Gasteiger partial charge in [-0.3, -0.25) is 4.79 Å². The molecule has 3 heteroatoms. The Bertz CT molecular complexity index is 419. The van der Waals surface area contributed by atoms with Crippen molar-refractivity contribution in [3.63, 3.8) is 0 Å². The van der Waals surface area contributed by atoms with Crippen LogP contribution in [0.4, 0.5) is 0 Å². The number of carbonyl (C=O) groups excluding carboxylic acids is 1. The smallest absolute Gasteiger partial charge is 0.162 e. The van der Waals surface area contributed by atoms with E-state index in [9.17, 15) is 4.79 Å². The fourth-order valence-corrected chi connectivity index (χ4v) is 1.72. The molecule has 2 N–H and O–H groups in total. The molecule has 1 aromatic rings. The maximum Gasteiger partial charge on any atom is 0.162 e. The first-order chi connectivity index (χ1) is 8.33. The maximum atomic E-state index is 12.0. The molecule has 0 heterocycles. The standard InChI is InChI=1S/C15H23NO2/c1-5-18-14-7-6-12(10-11(14)2)13(17)8-9-15(3,4)16/h6-7,10H,5,8-9,16H2,1-4H3. The number of carbonyl (C=O) groups is 1. The third kappa shape index (κ3) is 4.49. The molecule has 1 rings (SSSR count). The van der Waals surface area contributed by atoms with Gasteiger partial charge in [-0.1, -0.05) is 0 Å². The summed E-state index contributed by atoms with van der Waals surface area (Å²) < 4.78 is 5.45. The first-order valence-corrected chi connectivity index (χ1v) is 6.39. The van der Waals surface area contributed by atoms with Crippen LogP contribution in [0.15, 0.2) is 18.2 Å². The van der Waals surface area contributed by atoms with Gasteiger partial charge in [0.1, 0.15) is 5.75 Å². The molecular formula is C15H23NO2. The Morgan fingerprint density at radius 2 is 2.06 bits per heavy atom. The molecule has 100 valence electrons. The summed E-state index contributed by atoms with van der Waals surface area (Å²) in [6.07, 6.45) is 1.18. The number of ketones is 1. The van der Waals surface area contributed by atoms with E-state index in [0.717, 1.165) is 16.9 Å². The van der Waals surface area contributed by atoms with Crippen molar-refractivity contribution < 1.29 is 9.53 Å². The van der Waals surface area contributed by atoms with Crippen LogP contribution in [0.25, 0.3) is 0 Å². The van der Waals surface area contributed by atoms with Crippen LogP contribution in [-0.2, 0) is 0 Å². The molecule has 0 aliphatic rings. The van der Waals surface area contributed by atoms with Crippen molar-refractivity contribution >= 4 is 5.78 Å². The van der Waals surface area contributed by atoms with Crippen molar-refractivity contribution in [3.05, 3.63) is 29.3 Å². The topological polar surface area (TPSA) is 52.3 Å². The van der Waals surface area contributed by atoms with Gasteiger partial charge in [-0.25, -0.2) is 0 Å². The van der Waals surface area contributed by atoms with Gasteiger partial charge in [-0.15, -0.1) is 0 Å². The minimum atomic E-state index is -0.296. The number of aryl methyl sites for hydroxylation is 1. The molecule has 0 saturated carbocycles. The summed E-state index contributed by atoms with van der Waals surface area (Å²) in [7, 11) is 0. The van der Waals surface area contributed by atoms with Crippen LogP contribution in [0.1, 0.15) is 49.5 Å². The molecule has 0 bridgehead atoms. The van der Waals surface area contributed by atoms with Crippen LogP contribution in [0, 0.1) is 6.92 Å². The second kappa shape index (κ2) is 6.01. The molecule has 0 saturated heterocycles. The number of hydrogen-bond donors (Lipinski definition) is 1. The lowest BCUT2D eigenvalue weighted by Gasteiger charge is -2.17. The number of rotatable bonds is 6. The van der Waals surface area contributed by atoms with Crippen molar-refractivity contribution in [2.75, 3.05) is 6.61 Å². The Kier molecular flexibility index (Phi) is 4.91. The first kappa shape index (κ1) is 14.7. The summed E-state index contributed by atoms with van der Waals surface area (Å²) in [6, 6.07) is 5.57. The van der Waals surface area contributed by atoms with E-state index in [4.69, 9.17) is 10.5 Å². The molecule has 0 aromatic heterocycles. The minimum absolute atomic E-state index is 0.139. The maximum absolute atomic E-state index is 12.0. The zero-order valence-electron chi connectivity index (χ0n) is 11.7. The van der Waals surface area contributed by atoms with Crippen LogP contribution in [0.2, 0.25) is 0 Å². The van der Waals surface area contributed by atoms with Crippen LogP contribution < -0.4 is 10.5 Å². The van der Waals surface area contributed by atoms with Crippen molar-refractivity contribution in [2.24, 2.45) is 5.73 Å². The average molecular weight is 249 g/mol. The molecule has 0 aliphatic carbocycles. The highest BCUT2D eigenvalue weighted by atomic mass is 16.5. The molecule has 1 aromatic carbocycles. The summed E-state index contributed by atoms with van der Waals surface area (Å²) in [6.45, 7) is 8.40. The Morgan fingerprint density at radius 1 is 1.39 bits per heavy atom. The lowest BCUT2D eigenvalue weighted by atomic mass is 9.95. The highest BCUT2D eigenvalue weighted by Gasteiger charge is 2.15. The fourth-order valence-electron chi connectivity index (χ4n) is 1.72. The van der Waals surface area contributed by atoms with Gasteiger partial charge in [0.25, 0.3) is 0 Å². The number of hydrogen-bond acceptors (Lipinski definition) is 3. The van der Waals surface area contributed by atoms with Crippen molar-refractivity contribution in [2.45, 2.75) is 46.1 Å². The van der Waals surface area contributed by atoms with Gasteiger partial charge in [0.15, 0.2) is 5.78 Å². The average Bonchev–Trinajstić information content (AvgIpc) is 2.28. The lowest BCUT2D eigenvalue weighted by molar-refractivity contribution is 0.0972. The molecule has 18 heavy (non-hydrogen) atoms. The number of nitrogens with two attached hydrogens (primary N) is 1.